The van der Waals surface area contributed by atoms with Gasteiger partial charge in [0.1, 0.15) is 17.3 Å². The lowest BCUT2D eigenvalue weighted by Gasteiger charge is -2.14. The maximum absolute atomic E-state index is 13.5. The van der Waals surface area contributed by atoms with E-state index >= 15 is 0 Å². The molecule has 0 aliphatic rings. The van der Waals surface area contributed by atoms with Crippen molar-refractivity contribution in [3.63, 3.8) is 0 Å². The fourth-order valence-electron chi connectivity index (χ4n) is 1.82. The molecule has 1 atom stereocenters. The molecule has 0 saturated carbocycles. The van der Waals surface area contributed by atoms with Crippen LogP contribution >= 0.6 is 0 Å². The summed E-state index contributed by atoms with van der Waals surface area (Å²) in [5.41, 5.74) is -0.585. The zero-order valence-electron chi connectivity index (χ0n) is 13.3. The number of para-hydroxylation sites is 1. The maximum Gasteiger partial charge on any atom is 0.308 e. The van der Waals surface area contributed by atoms with Gasteiger partial charge in [0.25, 0.3) is 5.91 Å². The Kier molecular flexibility index (Phi) is 6.33. The summed E-state index contributed by atoms with van der Waals surface area (Å²) in [5, 5.41) is 4.87. The summed E-state index contributed by atoms with van der Waals surface area (Å²) in [6.45, 7) is 1.51. The van der Waals surface area contributed by atoms with Gasteiger partial charge in [-0.3, -0.25) is 9.59 Å². The molecule has 1 amide bonds. The number of anilines is 2. The van der Waals surface area contributed by atoms with Crippen molar-refractivity contribution in [3.8, 4) is 0 Å². The Hall–Kier alpha value is -3.10. The number of aromatic nitrogens is 2. The molecule has 1 aromatic carbocycles. The minimum atomic E-state index is -1.21. The molecule has 1 unspecified atom stereocenters. The number of amides is 1. The fourth-order valence-corrected chi connectivity index (χ4v) is 1.82. The second-order valence-corrected chi connectivity index (χ2v) is 4.97. The van der Waals surface area contributed by atoms with Gasteiger partial charge in [0, 0.05) is 18.9 Å². The van der Waals surface area contributed by atoms with E-state index in [2.05, 4.69) is 20.6 Å². The molecule has 2 aromatic rings. The summed E-state index contributed by atoms with van der Waals surface area (Å²) in [4.78, 5) is 31.4. The molecule has 132 valence electrons. The minimum Gasteiger partial charge on any atom is -0.452 e. The van der Waals surface area contributed by atoms with Crippen LogP contribution in [0.5, 0.6) is 0 Å². The topological polar surface area (TPSA) is 93.2 Å². The SMILES string of the molecule is CC(OC(=O)CCNc1ncccn1)C(=O)Nc1c(F)cccc1F. The summed E-state index contributed by atoms with van der Waals surface area (Å²) >= 11 is 0. The largest absolute Gasteiger partial charge is 0.452 e. The number of esters is 1. The van der Waals surface area contributed by atoms with Crippen molar-refractivity contribution in [3.05, 3.63) is 48.3 Å². The Morgan fingerprint density at radius 2 is 1.80 bits per heavy atom. The predicted octanol–water partition coefficient (Wildman–Crippen LogP) is 2.13. The van der Waals surface area contributed by atoms with E-state index in [9.17, 15) is 18.4 Å². The average Bonchev–Trinajstić information content (AvgIpc) is 2.59. The van der Waals surface area contributed by atoms with Crippen LogP contribution in [0.15, 0.2) is 36.7 Å². The standard InChI is InChI=1S/C16H16F2N4O3/c1-10(15(24)22-14-11(17)4-2-5-12(14)18)25-13(23)6-9-21-16-19-7-3-8-20-16/h2-5,7-8,10H,6,9H2,1H3,(H,22,24)(H,19,20,21). The van der Waals surface area contributed by atoms with Crippen LogP contribution in [-0.4, -0.2) is 34.5 Å². The number of carbonyl (C=O) groups excluding carboxylic acids is 2. The summed E-state index contributed by atoms with van der Waals surface area (Å²) < 4.78 is 31.9. The number of hydrogen-bond donors (Lipinski definition) is 2. The average molecular weight is 350 g/mol. The van der Waals surface area contributed by atoms with Crippen LogP contribution < -0.4 is 10.6 Å². The van der Waals surface area contributed by atoms with Crippen LogP contribution in [0.1, 0.15) is 13.3 Å². The first-order valence-electron chi connectivity index (χ1n) is 7.42. The van der Waals surface area contributed by atoms with E-state index in [4.69, 9.17) is 4.74 Å². The quantitative estimate of drug-likeness (QED) is 0.743. The molecular weight excluding hydrogens is 334 g/mol. The maximum atomic E-state index is 13.5. The van der Waals surface area contributed by atoms with E-state index in [1.54, 1.807) is 18.5 Å². The summed E-state index contributed by atoms with van der Waals surface area (Å²) in [5.74, 6) is -2.97. The third kappa shape index (κ3) is 5.48. The number of ether oxygens (including phenoxy) is 1. The normalized spacial score (nSPS) is 11.5. The molecular formula is C16H16F2N4O3. The number of carbonyl (C=O) groups is 2. The Morgan fingerprint density at radius 1 is 1.16 bits per heavy atom. The molecule has 0 bridgehead atoms. The smallest absolute Gasteiger partial charge is 0.308 e. The number of nitrogens with zero attached hydrogens (tertiary/aromatic N) is 2. The van der Waals surface area contributed by atoms with Gasteiger partial charge in [0.15, 0.2) is 6.10 Å². The highest BCUT2D eigenvalue weighted by Crippen LogP contribution is 2.18. The van der Waals surface area contributed by atoms with E-state index in [1.807, 2.05) is 0 Å². The molecule has 0 fully saturated rings. The van der Waals surface area contributed by atoms with Crippen LogP contribution in [0.3, 0.4) is 0 Å². The molecule has 2 N–H and O–H groups in total. The molecule has 0 radical (unpaired) electrons. The van der Waals surface area contributed by atoms with Crippen LogP contribution in [0.4, 0.5) is 20.4 Å². The first-order chi connectivity index (χ1) is 12.0. The van der Waals surface area contributed by atoms with Crippen molar-refractivity contribution in [2.45, 2.75) is 19.4 Å². The van der Waals surface area contributed by atoms with Crippen LogP contribution in [0.25, 0.3) is 0 Å². The van der Waals surface area contributed by atoms with Gasteiger partial charge >= 0.3 is 5.97 Å². The lowest BCUT2D eigenvalue weighted by molar-refractivity contribution is -0.152. The van der Waals surface area contributed by atoms with Crippen molar-refractivity contribution in [2.75, 3.05) is 17.2 Å². The molecule has 0 saturated heterocycles. The third-order valence-electron chi connectivity index (χ3n) is 3.07. The van der Waals surface area contributed by atoms with Gasteiger partial charge in [-0.2, -0.15) is 0 Å². The molecule has 0 spiro atoms. The van der Waals surface area contributed by atoms with E-state index in [0.717, 1.165) is 12.1 Å². The Bertz CT molecular complexity index is 723. The first-order valence-corrected chi connectivity index (χ1v) is 7.42. The predicted molar refractivity (Wildman–Crippen MR) is 85.7 cm³/mol. The van der Waals surface area contributed by atoms with Crippen LogP contribution in [0, 0.1) is 11.6 Å². The van der Waals surface area contributed by atoms with Crippen LogP contribution in [-0.2, 0) is 14.3 Å². The molecule has 0 aliphatic carbocycles. The van der Waals surface area contributed by atoms with E-state index in [-0.39, 0.29) is 13.0 Å². The molecule has 1 heterocycles. The molecule has 9 heteroatoms. The van der Waals surface area contributed by atoms with Gasteiger partial charge < -0.3 is 15.4 Å². The monoisotopic (exact) mass is 350 g/mol. The van der Waals surface area contributed by atoms with Crippen molar-refractivity contribution >= 4 is 23.5 Å². The Labute approximate surface area is 142 Å². The number of hydrogen-bond acceptors (Lipinski definition) is 6. The lowest BCUT2D eigenvalue weighted by Crippen LogP contribution is -2.31. The first kappa shape index (κ1) is 18.2. The highest BCUT2D eigenvalue weighted by Gasteiger charge is 2.20. The minimum absolute atomic E-state index is 0.0378. The highest BCUT2D eigenvalue weighted by atomic mass is 19.1. The Balaban J connectivity index is 1.79. The van der Waals surface area contributed by atoms with Gasteiger partial charge in [-0.25, -0.2) is 18.7 Å². The highest BCUT2D eigenvalue weighted by molar-refractivity contribution is 5.95. The number of benzene rings is 1. The molecule has 25 heavy (non-hydrogen) atoms. The van der Waals surface area contributed by atoms with Gasteiger partial charge in [-0.05, 0) is 25.1 Å². The zero-order valence-corrected chi connectivity index (χ0v) is 13.3. The molecule has 7 nitrogen and oxygen atoms in total. The fraction of sp³-hybridized carbons (Fsp3) is 0.250. The number of rotatable bonds is 7. The molecule has 2 rings (SSSR count). The summed E-state index contributed by atoms with van der Waals surface area (Å²) in [6.07, 6.45) is 1.84. The van der Waals surface area contributed by atoms with Crippen molar-refractivity contribution < 1.29 is 23.1 Å². The molecule has 0 aliphatic heterocycles. The summed E-state index contributed by atoms with van der Waals surface area (Å²) in [7, 11) is 0. The van der Waals surface area contributed by atoms with Gasteiger partial charge in [-0.15, -0.1) is 0 Å². The van der Waals surface area contributed by atoms with E-state index < -0.39 is 35.3 Å². The van der Waals surface area contributed by atoms with Crippen LogP contribution in [0.2, 0.25) is 0 Å². The Morgan fingerprint density at radius 3 is 2.44 bits per heavy atom. The second-order valence-electron chi connectivity index (χ2n) is 4.97. The molecule has 1 aromatic heterocycles. The van der Waals surface area contributed by atoms with E-state index in [0.29, 0.717) is 5.95 Å². The van der Waals surface area contributed by atoms with Crippen molar-refractivity contribution in [2.24, 2.45) is 0 Å². The number of halogens is 2. The third-order valence-corrected chi connectivity index (χ3v) is 3.07. The van der Waals surface area contributed by atoms with Gasteiger partial charge in [-0.1, -0.05) is 6.07 Å². The van der Waals surface area contributed by atoms with Crippen molar-refractivity contribution in [1.82, 2.24) is 9.97 Å². The lowest BCUT2D eigenvalue weighted by atomic mass is 10.2. The van der Waals surface area contributed by atoms with Gasteiger partial charge in [0.2, 0.25) is 5.95 Å². The number of nitrogens with one attached hydrogen (secondary N) is 2. The summed E-state index contributed by atoms with van der Waals surface area (Å²) in [6, 6.07) is 4.84. The van der Waals surface area contributed by atoms with Crippen molar-refractivity contribution in [1.29, 1.82) is 0 Å². The van der Waals surface area contributed by atoms with Gasteiger partial charge in [0.05, 0.1) is 6.42 Å². The van der Waals surface area contributed by atoms with E-state index in [1.165, 1.54) is 13.0 Å². The second kappa shape index (κ2) is 8.67. The zero-order chi connectivity index (χ0) is 18.2.